The lowest BCUT2D eigenvalue weighted by Crippen LogP contribution is -2.20. The molecule has 1 atom stereocenters. The molecule has 176 valence electrons. The predicted octanol–water partition coefficient (Wildman–Crippen LogP) is 4.96. The average molecular weight is 485 g/mol. The first-order valence-corrected chi connectivity index (χ1v) is 12.5. The number of hydrogen-bond donors (Lipinski definition) is 2. The van der Waals surface area contributed by atoms with Crippen molar-refractivity contribution in [2.24, 2.45) is 10.9 Å². The number of thiazole rings is 1. The highest BCUT2D eigenvalue weighted by Gasteiger charge is 2.27. The average Bonchev–Trinajstić information content (AvgIpc) is 3.79. The summed E-state index contributed by atoms with van der Waals surface area (Å²) in [7, 11) is 1.61. The molecule has 0 radical (unpaired) electrons. The smallest absolute Gasteiger partial charge is 0.259 e. The maximum absolute atomic E-state index is 13.4. The van der Waals surface area contributed by atoms with Gasteiger partial charge in [0.2, 0.25) is 0 Å². The second kappa shape index (κ2) is 8.78. The van der Waals surface area contributed by atoms with Crippen LogP contribution in [0.2, 0.25) is 0 Å². The molecular weight excluding hydrogens is 460 g/mol. The van der Waals surface area contributed by atoms with E-state index in [-0.39, 0.29) is 11.9 Å². The van der Waals surface area contributed by atoms with Gasteiger partial charge in [-0.15, -0.1) is 0 Å². The van der Waals surface area contributed by atoms with Gasteiger partial charge in [-0.3, -0.25) is 20.1 Å². The summed E-state index contributed by atoms with van der Waals surface area (Å²) in [6.45, 7) is 1.90. The SMILES string of the molecule is COc1cnc(C2CC2)cc1-c1cc(C)ncc1C(=O)Nc1nc2c(s1)NC(C#CC1CC1)C=N2. The van der Waals surface area contributed by atoms with Crippen LogP contribution in [0.1, 0.15) is 53.3 Å². The van der Waals surface area contributed by atoms with Gasteiger partial charge in [0.1, 0.15) is 16.8 Å². The fraction of sp³-hybridized carbons (Fsp3) is 0.346. The number of nitrogens with zero attached hydrogens (tertiary/aromatic N) is 4. The van der Waals surface area contributed by atoms with Gasteiger partial charge in [0.05, 0.1) is 18.9 Å². The Kier molecular flexibility index (Phi) is 5.46. The lowest BCUT2D eigenvalue weighted by atomic mass is 9.98. The molecule has 6 rings (SSSR count). The molecule has 2 saturated carbocycles. The molecule has 9 heteroatoms. The molecule has 0 spiro atoms. The molecule has 3 aromatic rings. The molecule has 2 aliphatic carbocycles. The Labute approximate surface area is 207 Å². The van der Waals surface area contributed by atoms with E-state index < -0.39 is 0 Å². The van der Waals surface area contributed by atoms with Crippen LogP contribution in [0.15, 0.2) is 29.5 Å². The van der Waals surface area contributed by atoms with E-state index in [0.717, 1.165) is 40.4 Å². The first-order valence-electron chi connectivity index (χ1n) is 11.7. The number of methoxy groups -OCH3 is 1. The molecule has 2 N–H and O–H groups in total. The number of pyridine rings is 2. The van der Waals surface area contributed by atoms with E-state index in [0.29, 0.717) is 34.1 Å². The van der Waals surface area contributed by atoms with E-state index in [1.807, 2.05) is 19.1 Å². The Balaban J connectivity index is 1.27. The zero-order chi connectivity index (χ0) is 23.9. The number of ether oxygens (including phenoxy) is 1. The van der Waals surface area contributed by atoms with E-state index in [1.165, 1.54) is 24.2 Å². The molecule has 4 heterocycles. The Morgan fingerprint density at radius 1 is 1.14 bits per heavy atom. The van der Waals surface area contributed by atoms with Crippen LogP contribution in [0.3, 0.4) is 0 Å². The van der Waals surface area contributed by atoms with Crippen LogP contribution < -0.4 is 15.4 Å². The molecule has 0 bridgehead atoms. The summed E-state index contributed by atoms with van der Waals surface area (Å²) in [5.41, 5.74) is 3.87. The van der Waals surface area contributed by atoms with Crippen LogP contribution in [0.25, 0.3) is 11.1 Å². The molecule has 1 aliphatic heterocycles. The van der Waals surface area contributed by atoms with E-state index >= 15 is 0 Å². The number of aryl methyl sites for hydroxylation is 1. The molecule has 8 nitrogen and oxygen atoms in total. The maximum Gasteiger partial charge on any atom is 0.259 e. The van der Waals surface area contributed by atoms with Gasteiger partial charge in [-0.25, -0.2) is 4.99 Å². The summed E-state index contributed by atoms with van der Waals surface area (Å²) in [5, 5.41) is 7.53. The van der Waals surface area contributed by atoms with Crippen molar-refractivity contribution in [3.05, 3.63) is 41.5 Å². The monoisotopic (exact) mass is 484 g/mol. The van der Waals surface area contributed by atoms with E-state index in [2.05, 4.69) is 42.4 Å². The summed E-state index contributed by atoms with van der Waals surface area (Å²) >= 11 is 1.35. The van der Waals surface area contributed by atoms with Crippen molar-refractivity contribution in [3.8, 4) is 28.7 Å². The van der Waals surface area contributed by atoms with Crippen molar-refractivity contribution in [1.29, 1.82) is 0 Å². The zero-order valence-electron chi connectivity index (χ0n) is 19.5. The number of rotatable bonds is 5. The molecule has 1 unspecified atom stereocenters. The number of carbonyl (C=O) groups is 1. The number of aromatic nitrogens is 3. The minimum absolute atomic E-state index is 0.139. The Hall–Kier alpha value is -3.77. The Bertz CT molecular complexity index is 1410. The van der Waals surface area contributed by atoms with Gasteiger partial charge in [-0.05, 0) is 44.7 Å². The summed E-state index contributed by atoms with van der Waals surface area (Å²) < 4.78 is 5.59. The van der Waals surface area contributed by atoms with Crippen LogP contribution >= 0.6 is 11.3 Å². The van der Waals surface area contributed by atoms with Crippen molar-refractivity contribution < 1.29 is 9.53 Å². The van der Waals surface area contributed by atoms with Crippen molar-refractivity contribution in [1.82, 2.24) is 15.0 Å². The zero-order valence-corrected chi connectivity index (χ0v) is 20.3. The van der Waals surface area contributed by atoms with E-state index in [9.17, 15) is 4.79 Å². The van der Waals surface area contributed by atoms with Crippen LogP contribution in [0, 0.1) is 24.7 Å². The maximum atomic E-state index is 13.4. The second-order valence-corrected chi connectivity index (χ2v) is 10.0. The first kappa shape index (κ1) is 21.7. The predicted molar refractivity (Wildman–Crippen MR) is 137 cm³/mol. The highest BCUT2D eigenvalue weighted by atomic mass is 32.1. The summed E-state index contributed by atoms with van der Waals surface area (Å²) in [4.78, 5) is 31.2. The van der Waals surface area contributed by atoms with Crippen LogP contribution in [-0.2, 0) is 0 Å². The molecule has 3 aliphatic rings. The summed E-state index contributed by atoms with van der Waals surface area (Å²) in [5.74, 6) is 8.36. The molecule has 3 aromatic heterocycles. The quantitative estimate of drug-likeness (QED) is 0.497. The standard InChI is InChI=1S/C26H24N6O2S/c1-14-9-18(19-10-21(16-6-7-16)28-13-22(19)34-2)20(12-27-14)24(33)32-26-31-23-25(35-26)30-17(11-29-23)8-5-15-3-4-15/h9-13,15-17,30H,3-4,6-7H2,1-2H3,(H,31,32,33). The third-order valence-corrected chi connectivity index (χ3v) is 7.05. The molecule has 2 fully saturated rings. The third kappa shape index (κ3) is 4.62. The van der Waals surface area contributed by atoms with Crippen LogP contribution in [0.4, 0.5) is 16.0 Å². The lowest BCUT2D eigenvalue weighted by Gasteiger charge is -2.14. The van der Waals surface area contributed by atoms with E-state index in [1.54, 1.807) is 25.7 Å². The second-order valence-electron chi connectivity index (χ2n) is 9.04. The van der Waals surface area contributed by atoms with Crippen molar-refractivity contribution >= 4 is 39.4 Å². The highest BCUT2D eigenvalue weighted by molar-refractivity contribution is 7.20. The van der Waals surface area contributed by atoms with E-state index in [4.69, 9.17) is 4.74 Å². The Morgan fingerprint density at radius 3 is 2.77 bits per heavy atom. The number of aliphatic imine (C=N–C) groups is 1. The minimum atomic E-state index is -0.292. The summed E-state index contributed by atoms with van der Waals surface area (Å²) in [6.07, 6.45) is 9.74. The molecule has 0 aromatic carbocycles. The van der Waals surface area contributed by atoms with Crippen LogP contribution in [-0.4, -0.2) is 40.2 Å². The summed E-state index contributed by atoms with van der Waals surface area (Å²) in [6, 6.07) is 3.80. The third-order valence-electron chi connectivity index (χ3n) is 6.16. The molecule has 35 heavy (non-hydrogen) atoms. The molecule has 1 amide bonds. The highest BCUT2D eigenvalue weighted by Crippen LogP contribution is 2.43. The fourth-order valence-electron chi connectivity index (χ4n) is 3.94. The van der Waals surface area contributed by atoms with Gasteiger partial charge in [-0.1, -0.05) is 23.2 Å². The lowest BCUT2D eigenvalue weighted by molar-refractivity contribution is 0.102. The van der Waals surface area contributed by atoms with Gasteiger partial charge in [0.15, 0.2) is 10.9 Å². The topological polar surface area (TPSA) is 101 Å². The molecular formula is C26H24N6O2S. The number of hydrogen-bond acceptors (Lipinski definition) is 8. The van der Waals surface area contributed by atoms with Gasteiger partial charge in [-0.2, -0.15) is 4.98 Å². The number of carbonyl (C=O) groups excluding carboxylic acids is 1. The number of fused-ring (bicyclic) bond motifs is 1. The van der Waals surface area contributed by atoms with Gasteiger partial charge in [0.25, 0.3) is 5.91 Å². The first-order chi connectivity index (χ1) is 17.1. The van der Waals surface area contributed by atoms with Gasteiger partial charge >= 0.3 is 0 Å². The Morgan fingerprint density at radius 2 is 2.00 bits per heavy atom. The van der Waals surface area contributed by atoms with Crippen molar-refractivity contribution in [2.45, 2.75) is 44.6 Å². The van der Waals surface area contributed by atoms with Crippen molar-refractivity contribution in [2.75, 3.05) is 17.7 Å². The largest absolute Gasteiger partial charge is 0.494 e. The van der Waals surface area contributed by atoms with Gasteiger partial charge < -0.3 is 10.1 Å². The fourth-order valence-corrected chi connectivity index (χ4v) is 4.79. The molecule has 0 saturated heterocycles. The number of nitrogens with one attached hydrogen (secondary N) is 2. The minimum Gasteiger partial charge on any atom is -0.494 e. The van der Waals surface area contributed by atoms with Gasteiger partial charge in [0, 0.05) is 46.8 Å². The van der Waals surface area contributed by atoms with Crippen molar-refractivity contribution in [3.63, 3.8) is 0 Å². The number of amides is 1. The number of anilines is 2. The normalized spacial score (nSPS) is 18.2. The van der Waals surface area contributed by atoms with Crippen LogP contribution in [0.5, 0.6) is 5.75 Å².